The van der Waals surface area contributed by atoms with Crippen molar-refractivity contribution in [2.24, 2.45) is 0 Å². The fraction of sp³-hybridized carbons (Fsp3) is 0.500. The third-order valence-electron chi connectivity index (χ3n) is 5.74. The zero-order valence-corrected chi connectivity index (χ0v) is 19.5. The molecular formula is C22H28ClN3O4S. The maximum atomic E-state index is 13.1. The minimum Gasteiger partial charge on any atom is -0.497 e. The average Bonchev–Trinajstić information content (AvgIpc) is 3.29. The Morgan fingerprint density at radius 1 is 1.10 bits per heavy atom. The van der Waals surface area contributed by atoms with Gasteiger partial charge in [0.2, 0.25) is 5.88 Å². The quantitative estimate of drug-likeness (QED) is 0.594. The number of pyridine rings is 1. The van der Waals surface area contributed by atoms with Crippen LogP contribution in [0.3, 0.4) is 0 Å². The van der Waals surface area contributed by atoms with E-state index in [1.165, 1.54) is 0 Å². The van der Waals surface area contributed by atoms with Gasteiger partial charge in [0.15, 0.2) is 15.7 Å². The van der Waals surface area contributed by atoms with E-state index in [1.54, 1.807) is 31.4 Å². The highest BCUT2D eigenvalue weighted by Crippen LogP contribution is 2.47. The number of anilines is 2. The molecule has 4 rings (SSSR count). The molecule has 0 saturated carbocycles. The Morgan fingerprint density at radius 2 is 1.77 bits per heavy atom. The van der Waals surface area contributed by atoms with Crippen LogP contribution in [0, 0.1) is 0 Å². The van der Waals surface area contributed by atoms with E-state index >= 15 is 0 Å². The van der Waals surface area contributed by atoms with E-state index in [9.17, 15) is 8.42 Å². The molecular weight excluding hydrogens is 438 g/mol. The lowest BCUT2D eigenvalue weighted by molar-refractivity contribution is 0.412. The SMILES string of the molecule is CCCCN1CCS(=O)(=O)c2c(Cl)c(N3CCCC3)nc(Oc3ccc(OC)cc3)c21. The van der Waals surface area contributed by atoms with E-state index in [4.69, 9.17) is 26.1 Å². The first-order chi connectivity index (χ1) is 14.9. The van der Waals surface area contributed by atoms with Crippen molar-refractivity contribution in [1.82, 2.24) is 4.98 Å². The number of ether oxygens (including phenoxy) is 2. The fourth-order valence-electron chi connectivity index (χ4n) is 4.05. The van der Waals surface area contributed by atoms with E-state index in [0.29, 0.717) is 29.5 Å². The van der Waals surface area contributed by atoms with Gasteiger partial charge < -0.3 is 19.3 Å². The maximum absolute atomic E-state index is 13.1. The maximum Gasteiger partial charge on any atom is 0.246 e. The molecule has 0 radical (unpaired) electrons. The van der Waals surface area contributed by atoms with E-state index in [1.807, 2.05) is 9.80 Å². The summed E-state index contributed by atoms with van der Waals surface area (Å²) < 4.78 is 37.7. The Hall–Kier alpha value is -2.19. The fourth-order valence-corrected chi connectivity index (χ4v) is 6.19. The average molecular weight is 466 g/mol. The summed E-state index contributed by atoms with van der Waals surface area (Å²) >= 11 is 6.72. The summed E-state index contributed by atoms with van der Waals surface area (Å²) in [6.45, 7) is 4.83. The molecule has 0 unspecified atom stereocenters. The number of fused-ring (bicyclic) bond motifs is 1. The van der Waals surface area contributed by atoms with Gasteiger partial charge in [0, 0.05) is 26.2 Å². The Bertz CT molecular complexity index is 1040. The third kappa shape index (κ3) is 4.41. The van der Waals surface area contributed by atoms with Crippen LogP contribution in [0.25, 0.3) is 0 Å². The van der Waals surface area contributed by atoms with Gasteiger partial charge in [-0.25, -0.2) is 8.42 Å². The number of sulfone groups is 1. The predicted octanol–water partition coefficient (Wildman–Crippen LogP) is 4.53. The lowest BCUT2D eigenvalue weighted by Gasteiger charge is -2.33. The molecule has 0 amide bonds. The highest BCUT2D eigenvalue weighted by Gasteiger charge is 2.37. The van der Waals surface area contributed by atoms with Gasteiger partial charge in [-0.2, -0.15) is 4.98 Å². The Balaban J connectivity index is 1.86. The van der Waals surface area contributed by atoms with Crippen molar-refractivity contribution < 1.29 is 17.9 Å². The van der Waals surface area contributed by atoms with Crippen LogP contribution in [0.2, 0.25) is 5.02 Å². The number of unbranched alkanes of at least 4 members (excludes halogenated alkanes) is 1. The molecule has 2 aromatic rings. The second kappa shape index (κ2) is 9.12. The molecule has 1 aromatic heterocycles. The molecule has 31 heavy (non-hydrogen) atoms. The summed E-state index contributed by atoms with van der Waals surface area (Å²) in [5, 5.41) is 0.208. The van der Waals surface area contributed by atoms with Crippen LogP contribution in [0.4, 0.5) is 11.5 Å². The van der Waals surface area contributed by atoms with Gasteiger partial charge in [0.05, 0.1) is 12.9 Å². The first-order valence-electron chi connectivity index (χ1n) is 10.7. The van der Waals surface area contributed by atoms with Gasteiger partial charge in [0.1, 0.15) is 27.1 Å². The first kappa shape index (κ1) is 22.0. The topological polar surface area (TPSA) is 72.0 Å². The number of hydrogen-bond donors (Lipinski definition) is 0. The van der Waals surface area contributed by atoms with Crippen LogP contribution in [0.15, 0.2) is 29.2 Å². The van der Waals surface area contributed by atoms with Crippen LogP contribution in [-0.2, 0) is 9.84 Å². The lowest BCUT2D eigenvalue weighted by Crippen LogP contribution is -2.37. The normalized spacial score (nSPS) is 17.5. The molecule has 1 aromatic carbocycles. The van der Waals surface area contributed by atoms with Gasteiger partial charge in [-0.15, -0.1) is 0 Å². The third-order valence-corrected chi connectivity index (χ3v) is 7.95. The molecule has 9 heteroatoms. The summed E-state index contributed by atoms with van der Waals surface area (Å²) in [6.07, 6.45) is 3.99. The van der Waals surface area contributed by atoms with E-state index in [2.05, 4.69) is 6.92 Å². The van der Waals surface area contributed by atoms with Crippen LogP contribution >= 0.6 is 11.6 Å². The standard InChI is InChI=1S/C22H28ClN3O4S/c1-3-4-11-25-14-15-31(27,28)20-18(23)21(26-12-5-6-13-26)24-22(19(20)25)30-17-9-7-16(29-2)8-10-17/h7-10H,3-6,11-15H2,1-2H3. The van der Waals surface area contributed by atoms with Gasteiger partial charge in [-0.1, -0.05) is 24.9 Å². The molecule has 0 aliphatic carbocycles. The molecule has 2 aliphatic rings. The molecule has 0 bridgehead atoms. The lowest BCUT2D eigenvalue weighted by atomic mass is 10.2. The van der Waals surface area contributed by atoms with Crippen LogP contribution in [0.5, 0.6) is 17.4 Å². The molecule has 0 atom stereocenters. The smallest absolute Gasteiger partial charge is 0.246 e. The number of halogens is 1. The molecule has 0 N–H and O–H groups in total. The second-order valence-electron chi connectivity index (χ2n) is 7.86. The summed E-state index contributed by atoms with van der Waals surface area (Å²) in [7, 11) is -1.95. The highest BCUT2D eigenvalue weighted by atomic mass is 35.5. The van der Waals surface area contributed by atoms with Crippen LogP contribution in [0.1, 0.15) is 32.6 Å². The van der Waals surface area contributed by atoms with Crippen molar-refractivity contribution in [1.29, 1.82) is 0 Å². The molecule has 7 nitrogen and oxygen atoms in total. The number of benzene rings is 1. The van der Waals surface area contributed by atoms with Gasteiger partial charge in [-0.3, -0.25) is 0 Å². The molecule has 0 spiro atoms. The van der Waals surface area contributed by atoms with E-state index in [0.717, 1.165) is 45.3 Å². The number of methoxy groups -OCH3 is 1. The molecule has 1 fully saturated rings. The largest absolute Gasteiger partial charge is 0.497 e. The predicted molar refractivity (Wildman–Crippen MR) is 123 cm³/mol. The van der Waals surface area contributed by atoms with Crippen LogP contribution in [-0.4, -0.2) is 52.4 Å². The van der Waals surface area contributed by atoms with Crippen LogP contribution < -0.4 is 19.3 Å². The summed E-state index contributed by atoms with van der Waals surface area (Å²) in [5.41, 5.74) is 0.475. The Morgan fingerprint density at radius 3 is 2.42 bits per heavy atom. The first-order valence-corrected chi connectivity index (χ1v) is 12.8. The minimum atomic E-state index is -3.55. The number of aromatic nitrogens is 1. The van der Waals surface area contributed by atoms with Gasteiger partial charge in [0.25, 0.3) is 0 Å². The highest BCUT2D eigenvalue weighted by molar-refractivity contribution is 7.91. The molecule has 2 aliphatic heterocycles. The zero-order chi connectivity index (χ0) is 22.0. The number of nitrogens with zero attached hydrogens (tertiary/aromatic N) is 3. The van der Waals surface area contributed by atoms with Crippen molar-refractivity contribution in [3.63, 3.8) is 0 Å². The second-order valence-corrected chi connectivity index (χ2v) is 10.3. The minimum absolute atomic E-state index is 0.0366. The van der Waals surface area contributed by atoms with Gasteiger partial charge in [-0.05, 0) is 43.5 Å². The Kier molecular flexibility index (Phi) is 6.48. The Labute approximate surface area is 188 Å². The van der Waals surface area contributed by atoms with Crippen molar-refractivity contribution in [3.05, 3.63) is 29.3 Å². The zero-order valence-electron chi connectivity index (χ0n) is 17.9. The molecule has 1 saturated heterocycles. The van der Waals surface area contributed by atoms with Crippen molar-refractivity contribution in [3.8, 4) is 17.4 Å². The summed E-state index contributed by atoms with van der Waals surface area (Å²) in [4.78, 5) is 9.01. The summed E-state index contributed by atoms with van der Waals surface area (Å²) in [6, 6.07) is 7.16. The van der Waals surface area contributed by atoms with Crippen molar-refractivity contribution in [2.45, 2.75) is 37.5 Å². The monoisotopic (exact) mass is 465 g/mol. The molecule has 168 valence electrons. The van der Waals surface area contributed by atoms with E-state index in [-0.39, 0.29) is 21.6 Å². The van der Waals surface area contributed by atoms with Gasteiger partial charge >= 0.3 is 0 Å². The number of rotatable bonds is 7. The number of hydrogen-bond acceptors (Lipinski definition) is 7. The summed E-state index contributed by atoms with van der Waals surface area (Å²) in [5.74, 6) is 2.08. The molecule has 3 heterocycles. The van der Waals surface area contributed by atoms with E-state index < -0.39 is 9.84 Å². The van der Waals surface area contributed by atoms with Crippen molar-refractivity contribution >= 4 is 32.9 Å². The van der Waals surface area contributed by atoms with Crippen molar-refractivity contribution in [2.75, 3.05) is 48.8 Å².